The molecule has 0 fully saturated rings. The number of rotatable bonds is 3. The third kappa shape index (κ3) is 4.80. The van der Waals surface area contributed by atoms with Gasteiger partial charge in [-0.25, -0.2) is 0 Å². The summed E-state index contributed by atoms with van der Waals surface area (Å²) >= 11 is 0. The molecular weight excluding hydrogens is 384 g/mol. The van der Waals surface area contributed by atoms with Crippen LogP contribution in [0.25, 0.3) is 10.9 Å². The fourth-order valence-electron chi connectivity index (χ4n) is 1.77. The van der Waals surface area contributed by atoms with Crippen LogP contribution in [-0.2, 0) is 65.0 Å². The number of fused-ring (bicyclic) bond motifs is 1. The van der Waals surface area contributed by atoms with E-state index >= 15 is 0 Å². The Morgan fingerprint density at radius 3 is 2.39 bits per heavy atom. The van der Waals surface area contributed by atoms with Gasteiger partial charge in [0.2, 0.25) is 0 Å². The minimum Gasteiger partial charge on any atom is 0 e. The van der Waals surface area contributed by atoms with Gasteiger partial charge >= 0.3 is 19.5 Å². The number of nitrogens with zero attached hydrogens (tertiary/aromatic N) is 1. The summed E-state index contributed by atoms with van der Waals surface area (Å²) in [6.07, 6.45) is 2.63. The molecule has 0 saturated heterocycles. The standard InChI is InChI=1S/C14H15N.CH3.Ru.Y.H/c1-3-6-13-10-9-12-8-5-7-11(4-2)14(12)15-13;;;;/h5,7-10H,1-4,6H2;1H3;;;/q-2;-1;+3;;. The minimum atomic E-state index is 0. The van der Waals surface area contributed by atoms with Crippen LogP contribution in [0.2, 0.25) is 0 Å². The molecular formula is C15H19NRuY. The maximum absolute atomic E-state index is 4.66. The van der Waals surface area contributed by atoms with Crippen molar-refractivity contribution >= 4 is 10.9 Å². The summed E-state index contributed by atoms with van der Waals surface area (Å²) < 4.78 is 0. The van der Waals surface area contributed by atoms with Gasteiger partial charge in [-0.15, -0.1) is 0 Å². The van der Waals surface area contributed by atoms with E-state index in [0.29, 0.717) is 0 Å². The number of hydrogen-bond acceptors (Lipinski definition) is 1. The second-order valence-corrected chi connectivity index (χ2v) is 3.64. The fourth-order valence-corrected chi connectivity index (χ4v) is 1.77. The molecule has 1 aromatic heterocycles. The van der Waals surface area contributed by atoms with Crippen LogP contribution in [-0.4, -0.2) is 4.98 Å². The van der Waals surface area contributed by atoms with Gasteiger partial charge < -0.3 is 21.3 Å². The van der Waals surface area contributed by atoms with E-state index in [4.69, 9.17) is 0 Å². The van der Waals surface area contributed by atoms with Crippen LogP contribution >= 0.6 is 0 Å². The Labute approximate surface area is 149 Å². The van der Waals surface area contributed by atoms with Crippen molar-refractivity contribution in [3.05, 3.63) is 62.9 Å². The average molecular weight is 403 g/mol. The van der Waals surface area contributed by atoms with Gasteiger partial charge in [0, 0.05) is 43.8 Å². The predicted molar refractivity (Wildman–Crippen MR) is 72.3 cm³/mol. The summed E-state index contributed by atoms with van der Waals surface area (Å²) in [7, 11) is 0. The smallest absolute Gasteiger partial charge is 0 e. The molecule has 2 radical (unpaired) electrons. The number of aryl methyl sites for hydroxylation is 1. The Hall–Kier alpha value is 0.357. The van der Waals surface area contributed by atoms with Crippen molar-refractivity contribution in [2.75, 3.05) is 0 Å². The van der Waals surface area contributed by atoms with E-state index in [1.807, 2.05) is 0 Å². The zero-order chi connectivity index (χ0) is 10.7. The van der Waals surface area contributed by atoms with E-state index < -0.39 is 0 Å². The van der Waals surface area contributed by atoms with Crippen LogP contribution in [0.3, 0.4) is 0 Å². The topological polar surface area (TPSA) is 12.9 Å². The van der Waals surface area contributed by atoms with E-state index in [2.05, 4.69) is 49.2 Å². The molecule has 95 valence electrons. The van der Waals surface area contributed by atoms with Crippen molar-refractivity contribution in [1.82, 2.24) is 4.98 Å². The van der Waals surface area contributed by atoms with Gasteiger partial charge in [-0.05, 0) is 12.5 Å². The van der Waals surface area contributed by atoms with E-state index in [1.165, 1.54) is 10.9 Å². The average Bonchev–Trinajstić information content (AvgIpc) is 2.28. The second kappa shape index (κ2) is 10.2. The summed E-state index contributed by atoms with van der Waals surface area (Å²) in [5, 5.41) is 1.20. The quantitative estimate of drug-likeness (QED) is 0.564. The first-order valence-corrected chi connectivity index (χ1v) is 5.31. The monoisotopic (exact) mass is 404 g/mol. The summed E-state index contributed by atoms with van der Waals surface area (Å²) in [5.74, 6) is 0. The largest absolute Gasteiger partial charge is 0 e. The Kier molecular flexibility index (Phi) is 11.7. The van der Waals surface area contributed by atoms with Crippen molar-refractivity contribution in [1.29, 1.82) is 0 Å². The van der Waals surface area contributed by atoms with Gasteiger partial charge in [-0.1, -0.05) is 29.8 Å². The number of aromatic nitrogens is 1. The van der Waals surface area contributed by atoms with Gasteiger partial charge in [0.15, 0.2) is 0 Å². The predicted octanol–water partition coefficient (Wildman–Crippen LogP) is 3.56. The Morgan fingerprint density at radius 1 is 1.06 bits per heavy atom. The molecule has 0 aliphatic heterocycles. The number of pyridine rings is 1. The molecule has 0 bridgehead atoms. The molecule has 0 atom stereocenters. The van der Waals surface area contributed by atoms with E-state index in [0.717, 1.165) is 30.5 Å². The second-order valence-electron chi connectivity index (χ2n) is 3.64. The van der Waals surface area contributed by atoms with Crippen LogP contribution in [0.15, 0.2) is 30.3 Å². The van der Waals surface area contributed by atoms with Crippen LogP contribution in [0.1, 0.15) is 17.7 Å². The van der Waals surface area contributed by atoms with E-state index in [1.54, 1.807) is 0 Å². The number of hydrogen-bond donors (Lipinski definition) is 0. The fraction of sp³-hybridized carbons (Fsp3) is 0.200. The first kappa shape index (κ1) is 20.7. The summed E-state index contributed by atoms with van der Waals surface area (Å²) in [6, 6.07) is 10.5. The molecule has 2 aromatic rings. The third-order valence-electron chi connectivity index (χ3n) is 2.56. The maximum atomic E-state index is 4.66. The molecule has 1 heterocycles. The molecule has 18 heavy (non-hydrogen) atoms. The third-order valence-corrected chi connectivity index (χ3v) is 2.56. The van der Waals surface area contributed by atoms with Gasteiger partial charge in [-0.3, -0.25) is 4.98 Å². The van der Waals surface area contributed by atoms with E-state index in [9.17, 15) is 0 Å². The molecule has 3 heteroatoms. The van der Waals surface area contributed by atoms with Crippen molar-refractivity contribution in [2.24, 2.45) is 0 Å². The molecule has 0 spiro atoms. The molecule has 2 rings (SSSR count). The number of para-hydroxylation sites is 1. The Bertz CT molecular complexity index is 471. The zero-order valence-electron chi connectivity index (χ0n) is 10.8. The molecule has 0 aliphatic rings. The van der Waals surface area contributed by atoms with Gasteiger partial charge in [0.25, 0.3) is 0 Å². The van der Waals surface area contributed by atoms with Crippen LogP contribution < -0.4 is 0 Å². The van der Waals surface area contributed by atoms with E-state index in [-0.39, 0.29) is 59.6 Å². The first-order chi connectivity index (χ1) is 7.35. The molecule has 0 unspecified atom stereocenters. The van der Waals surface area contributed by atoms with Crippen molar-refractivity contribution in [2.45, 2.75) is 19.3 Å². The molecule has 0 N–H and O–H groups in total. The zero-order valence-corrected chi connectivity index (χ0v) is 15.5. The van der Waals surface area contributed by atoms with Crippen LogP contribution in [0.5, 0.6) is 0 Å². The van der Waals surface area contributed by atoms with Gasteiger partial charge in [0.1, 0.15) is 0 Å². The van der Waals surface area contributed by atoms with Gasteiger partial charge in [-0.2, -0.15) is 12.8 Å². The summed E-state index contributed by atoms with van der Waals surface area (Å²) in [4.78, 5) is 4.66. The van der Waals surface area contributed by atoms with Crippen molar-refractivity contribution < 1.29 is 52.2 Å². The molecule has 0 amide bonds. The molecule has 0 saturated carbocycles. The summed E-state index contributed by atoms with van der Waals surface area (Å²) in [6.45, 7) is 7.78. The minimum absolute atomic E-state index is 0. The first-order valence-electron chi connectivity index (χ1n) is 5.31. The molecule has 1 nitrogen and oxygen atoms in total. The normalized spacial score (nSPS) is 9.00. The Balaban J connectivity index is 0. The molecule has 0 aliphatic carbocycles. The molecule has 1 aromatic carbocycles. The van der Waals surface area contributed by atoms with Gasteiger partial charge in [0.05, 0.1) is 5.52 Å². The maximum Gasteiger partial charge on any atom is 0 e. The van der Waals surface area contributed by atoms with Crippen LogP contribution in [0.4, 0.5) is 0 Å². The SMILES string of the molecule is [CH2-]CCc1ccc2cccc(C[CH2-])c2n1.[CH3-].[RuH+3].[Y]. The van der Waals surface area contributed by atoms with Crippen LogP contribution in [0, 0.1) is 21.3 Å². The number of benzene rings is 1. The Morgan fingerprint density at radius 2 is 1.78 bits per heavy atom. The summed E-state index contributed by atoms with van der Waals surface area (Å²) in [5.41, 5.74) is 3.44. The van der Waals surface area contributed by atoms with Crippen molar-refractivity contribution in [3.8, 4) is 0 Å². The van der Waals surface area contributed by atoms with Crippen molar-refractivity contribution in [3.63, 3.8) is 0 Å².